The van der Waals surface area contributed by atoms with E-state index in [1.807, 2.05) is 18.2 Å². The van der Waals surface area contributed by atoms with E-state index in [0.717, 1.165) is 23.1 Å². The van der Waals surface area contributed by atoms with Crippen molar-refractivity contribution in [1.82, 2.24) is 0 Å². The Bertz CT molecular complexity index is 542. The molecule has 0 radical (unpaired) electrons. The Morgan fingerprint density at radius 3 is 2.50 bits per heavy atom. The summed E-state index contributed by atoms with van der Waals surface area (Å²) in [5, 5.41) is 0. The lowest BCUT2D eigenvalue weighted by molar-refractivity contribution is 0.413. The molecule has 106 valence electrons. The van der Waals surface area contributed by atoms with Gasteiger partial charge in [0.25, 0.3) is 0 Å². The lowest BCUT2D eigenvalue weighted by Crippen LogP contribution is -2.19. The minimum atomic E-state index is 0.431. The van der Waals surface area contributed by atoms with Crippen molar-refractivity contribution in [1.29, 1.82) is 0 Å². The molecule has 2 aromatic carbocycles. The third-order valence-corrected chi connectivity index (χ3v) is 4.24. The molecule has 2 nitrogen and oxygen atoms in total. The zero-order valence-electron chi connectivity index (χ0n) is 11.7. The Kier molecular flexibility index (Phi) is 5.62. The molecular weight excluding hydrogens is 314 g/mol. The molecule has 0 fully saturated rings. The summed E-state index contributed by atoms with van der Waals surface area (Å²) in [7, 11) is 1.69. The van der Waals surface area contributed by atoms with Gasteiger partial charge in [-0.15, -0.1) is 0 Å². The van der Waals surface area contributed by atoms with E-state index in [9.17, 15) is 0 Å². The Morgan fingerprint density at radius 1 is 1.10 bits per heavy atom. The van der Waals surface area contributed by atoms with Crippen molar-refractivity contribution < 1.29 is 4.74 Å². The summed E-state index contributed by atoms with van der Waals surface area (Å²) in [6.45, 7) is 0.679. The summed E-state index contributed by atoms with van der Waals surface area (Å²) in [4.78, 5) is 0. The fourth-order valence-electron chi connectivity index (χ4n) is 2.33. The van der Waals surface area contributed by atoms with Crippen LogP contribution >= 0.6 is 15.9 Å². The van der Waals surface area contributed by atoms with Crippen LogP contribution in [0.15, 0.2) is 53.0 Å². The van der Waals surface area contributed by atoms with Crippen molar-refractivity contribution in [3.8, 4) is 5.75 Å². The zero-order chi connectivity index (χ0) is 14.4. The predicted octanol–water partition coefficient (Wildman–Crippen LogP) is 3.82. The summed E-state index contributed by atoms with van der Waals surface area (Å²) in [6, 6.07) is 16.6. The average Bonchev–Trinajstić information content (AvgIpc) is 2.49. The molecular formula is C17H20BrNO. The fraction of sp³-hybridized carbons (Fsp3) is 0.294. The van der Waals surface area contributed by atoms with Gasteiger partial charge in [-0.2, -0.15) is 0 Å². The molecule has 0 amide bonds. The van der Waals surface area contributed by atoms with Crippen LogP contribution in [-0.4, -0.2) is 13.7 Å². The van der Waals surface area contributed by atoms with Crippen molar-refractivity contribution in [2.45, 2.75) is 12.8 Å². The molecule has 0 aromatic heterocycles. The van der Waals surface area contributed by atoms with Gasteiger partial charge < -0.3 is 10.5 Å². The number of halogens is 1. The lowest BCUT2D eigenvalue weighted by Gasteiger charge is -2.16. The van der Waals surface area contributed by atoms with E-state index >= 15 is 0 Å². The van der Waals surface area contributed by atoms with Crippen LogP contribution in [0.3, 0.4) is 0 Å². The van der Waals surface area contributed by atoms with Gasteiger partial charge in [0.1, 0.15) is 5.75 Å². The van der Waals surface area contributed by atoms with Crippen molar-refractivity contribution in [3.05, 3.63) is 64.1 Å². The van der Waals surface area contributed by atoms with Gasteiger partial charge in [0.15, 0.2) is 0 Å². The highest BCUT2D eigenvalue weighted by Crippen LogP contribution is 2.25. The third kappa shape index (κ3) is 4.09. The Balaban J connectivity index is 2.10. The number of ether oxygens (including phenoxy) is 1. The normalized spacial score (nSPS) is 12.2. The van der Waals surface area contributed by atoms with Gasteiger partial charge in [0.05, 0.1) is 7.11 Å². The summed E-state index contributed by atoms with van der Waals surface area (Å²) < 4.78 is 6.41. The molecule has 0 heterocycles. The Morgan fingerprint density at radius 2 is 1.85 bits per heavy atom. The van der Waals surface area contributed by atoms with Gasteiger partial charge >= 0.3 is 0 Å². The number of rotatable bonds is 6. The Hall–Kier alpha value is -1.32. The molecule has 0 aliphatic carbocycles. The van der Waals surface area contributed by atoms with Crippen LogP contribution in [0.4, 0.5) is 0 Å². The van der Waals surface area contributed by atoms with Crippen LogP contribution in [0.25, 0.3) is 0 Å². The van der Waals surface area contributed by atoms with Crippen LogP contribution in [0, 0.1) is 5.92 Å². The number of nitrogens with two attached hydrogens (primary N) is 1. The van der Waals surface area contributed by atoms with E-state index in [0.29, 0.717) is 12.5 Å². The molecule has 0 spiro atoms. The number of hydrogen-bond acceptors (Lipinski definition) is 2. The predicted molar refractivity (Wildman–Crippen MR) is 87.1 cm³/mol. The molecule has 0 saturated heterocycles. The highest BCUT2D eigenvalue weighted by Gasteiger charge is 2.12. The average molecular weight is 334 g/mol. The Labute approximate surface area is 129 Å². The van der Waals surface area contributed by atoms with Crippen LogP contribution < -0.4 is 10.5 Å². The van der Waals surface area contributed by atoms with Gasteiger partial charge in [-0.1, -0.05) is 46.3 Å². The molecule has 0 aliphatic rings. The van der Waals surface area contributed by atoms with E-state index in [1.165, 1.54) is 11.1 Å². The quantitative estimate of drug-likeness (QED) is 0.872. The van der Waals surface area contributed by atoms with E-state index in [2.05, 4.69) is 46.3 Å². The molecule has 2 aromatic rings. The summed E-state index contributed by atoms with van der Waals surface area (Å²) in [6.07, 6.45) is 1.95. The zero-order valence-corrected chi connectivity index (χ0v) is 13.3. The standard InChI is InChI=1S/C17H20BrNO/c1-20-16-7-8-17(18)15(11-16)10-14(12-19)9-13-5-3-2-4-6-13/h2-8,11,14H,9-10,12,19H2,1H3. The first kappa shape index (κ1) is 15.1. The van der Waals surface area contributed by atoms with Crippen molar-refractivity contribution in [2.75, 3.05) is 13.7 Å². The molecule has 0 bridgehead atoms. The molecule has 0 saturated carbocycles. The number of hydrogen-bond donors (Lipinski definition) is 1. The van der Waals surface area contributed by atoms with Gasteiger partial charge in [0.2, 0.25) is 0 Å². The first-order chi connectivity index (χ1) is 9.72. The van der Waals surface area contributed by atoms with Crippen LogP contribution in [0.5, 0.6) is 5.75 Å². The summed E-state index contributed by atoms with van der Waals surface area (Å²) >= 11 is 3.61. The second kappa shape index (κ2) is 7.46. The molecule has 3 heteroatoms. The van der Waals surface area contributed by atoms with Gasteiger partial charge in [0, 0.05) is 4.47 Å². The monoisotopic (exact) mass is 333 g/mol. The van der Waals surface area contributed by atoms with Crippen molar-refractivity contribution in [2.24, 2.45) is 11.7 Å². The maximum absolute atomic E-state index is 5.94. The first-order valence-electron chi connectivity index (χ1n) is 6.79. The lowest BCUT2D eigenvalue weighted by atomic mass is 9.92. The molecule has 1 atom stereocenters. The fourth-order valence-corrected chi connectivity index (χ4v) is 2.74. The minimum absolute atomic E-state index is 0.431. The summed E-state index contributed by atoms with van der Waals surface area (Å²) in [5.41, 5.74) is 8.52. The highest BCUT2D eigenvalue weighted by atomic mass is 79.9. The largest absolute Gasteiger partial charge is 0.497 e. The molecule has 20 heavy (non-hydrogen) atoms. The molecule has 2 N–H and O–H groups in total. The van der Waals surface area contributed by atoms with Gasteiger partial charge in [-0.3, -0.25) is 0 Å². The van der Waals surface area contributed by atoms with Crippen molar-refractivity contribution >= 4 is 15.9 Å². The SMILES string of the molecule is COc1ccc(Br)c(CC(CN)Cc2ccccc2)c1. The van der Waals surface area contributed by atoms with Crippen LogP contribution in [0.2, 0.25) is 0 Å². The maximum Gasteiger partial charge on any atom is 0.119 e. The second-order valence-corrected chi connectivity index (χ2v) is 5.81. The number of benzene rings is 2. The third-order valence-electron chi connectivity index (χ3n) is 3.46. The van der Waals surface area contributed by atoms with E-state index < -0.39 is 0 Å². The smallest absolute Gasteiger partial charge is 0.119 e. The topological polar surface area (TPSA) is 35.2 Å². The molecule has 1 unspecified atom stereocenters. The minimum Gasteiger partial charge on any atom is -0.497 e. The van der Waals surface area contributed by atoms with Crippen LogP contribution in [-0.2, 0) is 12.8 Å². The van der Waals surface area contributed by atoms with Crippen LogP contribution in [0.1, 0.15) is 11.1 Å². The van der Waals surface area contributed by atoms with Gasteiger partial charge in [-0.05, 0) is 54.6 Å². The first-order valence-corrected chi connectivity index (χ1v) is 7.58. The van der Waals surface area contributed by atoms with E-state index in [4.69, 9.17) is 10.5 Å². The van der Waals surface area contributed by atoms with Gasteiger partial charge in [-0.25, -0.2) is 0 Å². The van der Waals surface area contributed by atoms with E-state index in [-0.39, 0.29) is 0 Å². The summed E-state index contributed by atoms with van der Waals surface area (Å²) in [5.74, 6) is 1.32. The highest BCUT2D eigenvalue weighted by molar-refractivity contribution is 9.10. The number of methoxy groups -OCH3 is 1. The van der Waals surface area contributed by atoms with E-state index in [1.54, 1.807) is 7.11 Å². The second-order valence-electron chi connectivity index (χ2n) is 4.95. The molecule has 2 rings (SSSR count). The van der Waals surface area contributed by atoms with Crippen molar-refractivity contribution in [3.63, 3.8) is 0 Å². The maximum atomic E-state index is 5.94. The molecule has 0 aliphatic heterocycles.